The predicted octanol–water partition coefficient (Wildman–Crippen LogP) is 2.42. The van der Waals surface area contributed by atoms with Gasteiger partial charge >= 0.3 is 6.09 Å². The maximum absolute atomic E-state index is 11.4. The SMILES string of the molecule is CN1CCN(Cc2ccc(-c3nn(C(=O)O)c4cnc(Cl)nc34)cc2)CC1. The summed E-state index contributed by atoms with van der Waals surface area (Å²) in [6.45, 7) is 5.17. The number of aromatic nitrogens is 4. The van der Waals surface area contributed by atoms with Crippen molar-refractivity contribution in [3.05, 3.63) is 41.3 Å². The molecule has 0 unspecified atom stereocenters. The molecule has 1 saturated heterocycles. The molecule has 2 aromatic heterocycles. The molecule has 0 saturated carbocycles. The molecule has 1 aromatic carbocycles. The number of benzene rings is 1. The van der Waals surface area contributed by atoms with Crippen LogP contribution in [-0.2, 0) is 6.54 Å². The van der Waals surface area contributed by atoms with E-state index in [-0.39, 0.29) is 5.28 Å². The Morgan fingerprint density at radius 1 is 1.19 bits per heavy atom. The molecule has 3 aromatic rings. The molecule has 140 valence electrons. The highest BCUT2D eigenvalue weighted by Crippen LogP contribution is 2.27. The van der Waals surface area contributed by atoms with Crippen molar-refractivity contribution in [1.29, 1.82) is 0 Å². The largest absolute Gasteiger partial charge is 0.463 e. The van der Waals surface area contributed by atoms with Crippen molar-refractivity contribution in [2.45, 2.75) is 6.54 Å². The highest BCUT2D eigenvalue weighted by Gasteiger charge is 2.19. The normalized spacial score (nSPS) is 16.1. The average molecular weight is 387 g/mol. The minimum Gasteiger partial charge on any atom is -0.463 e. The lowest BCUT2D eigenvalue weighted by Gasteiger charge is -2.32. The number of likely N-dealkylation sites (N-methyl/N-ethyl adjacent to an activating group) is 1. The highest BCUT2D eigenvalue weighted by atomic mass is 35.5. The second-order valence-electron chi connectivity index (χ2n) is 6.69. The van der Waals surface area contributed by atoms with Crippen LogP contribution in [0, 0.1) is 0 Å². The van der Waals surface area contributed by atoms with E-state index in [0.717, 1.165) is 43.0 Å². The van der Waals surface area contributed by atoms with E-state index in [1.807, 2.05) is 24.3 Å². The van der Waals surface area contributed by atoms with E-state index in [2.05, 4.69) is 31.9 Å². The number of carbonyl (C=O) groups is 1. The van der Waals surface area contributed by atoms with Gasteiger partial charge in [0.1, 0.15) is 16.7 Å². The summed E-state index contributed by atoms with van der Waals surface area (Å²) in [5.41, 5.74) is 3.20. The fourth-order valence-corrected chi connectivity index (χ4v) is 3.39. The van der Waals surface area contributed by atoms with Crippen molar-refractivity contribution in [2.24, 2.45) is 0 Å². The minimum atomic E-state index is -1.19. The molecular formula is C18H19ClN6O2. The Hall–Kier alpha value is -2.55. The molecule has 1 N–H and O–H groups in total. The van der Waals surface area contributed by atoms with Gasteiger partial charge in [-0.1, -0.05) is 24.3 Å². The van der Waals surface area contributed by atoms with Gasteiger partial charge in [0, 0.05) is 38.3 Å². The molecule has 0 atom stereocenters. The average Bonchev–Trinajstić information content (AvgIpc) is 3.03. The van der Waals surface area contributed by atoms with Gasteiger partial charge in [0.15, 0.2) is 0 Å². The molecule has 0 radical (unpaired) electrons. The number of halogens is 1. The van der Waals surface area contributed by atoms with Crippen LogP contribution in [0.3, 0.4) is 0 Å². The molecule has 3 heterocycles. The van der Waals surface area contributed by atoms with Gasteiger partial charge in [0.25, 0.3) is 0 Å². The Balaban J connectivity index is 1.62. The fourth-order valence-electron chi connectivity index (χ4n) is 3.26. The van der Waals surface area contributed by atoms with Crippen LogP contribution in [0.4, 0.5) is 4.79 Å². The first-order valence-electron chi connectivity index (χ1n) is 8.66. The number of carboxylic acid groups (broad SMARTS) is 1. The molecule has 27 heavy (non-hydrogen) atoms. The van der Waals surface area contributed by atoms with Crippen molar-refractivity contribution >= 4 is 28.7 Å². The van der Waals surface area contributed by atoms with Crippen molar-refractivity contribution in [2.75, 3.05) is 33.2 Å². The summed E-state index contributed by atoms with van der Waals surface area (Å²) in [4.78, 5) is 24.2. The van der Waals surface area contributed by atoms with Crippen molar-refractivity contribution < 1.29 is 9.90 Å². The molecule has 0 bridgehead atoms. The summed E-state index contributed by atoms with van der Waals surface area (Å²) in [6.07, 6.45) is 0.181. The number of hydrogen-bond acceptors (Lipinski definition) is 6. The third kappa shape index (κ3) is 3.64. The van der Waals surface area contributed by atoms with E-state index in [4.69, 9.17) is 11.6 Å². The van der Waals surface area contributed by atoms with Crippen LogP contribution in [0.2, 0.25) is 5.28 Å². The van der Waals surface area contributed by atoms with Crippen LogP contribution >= 0.6 is 11.6 Å². The van der Waals surface area contributed by atoms with Crippen LogP contribution in [0.15, 0.2) is 30.5 Å². The van der Waals surface area contributed by atoms with Crippen molar-refractivity contribution in [3.63, 3.8) is 0 Å². The summed E-state index contributed by atoms with van der Waals surface area (Å²) in [5.74, 6) is 0. The third-order valence-corrected chi connectivity index (χ3v) is 4.99. The van der Waals surface area contributed by atoms with Crippen molar-refractivity contribution in [3.8, 4) is 11.3 Å². The Labute approximate surface area is 161 Å². The highest BCUT2D eigenvalue weighted by molar-refractivity contribution is 6.28. The van der Waals surface area contributed by atoms with Gasteiger partial charge in [-0.25, -0.2) is 14.8 Å². The first-order chi connectivity index (χ1) is 13.0. The number of hydrogen-bond donors (Lipinski definition) is 1. The van der Waals surface area contributed by atoms with E-state index in [1.54, 1.807) is 0 Å². The smallest absolute Gasteiger partial charge is 0.432 e. The van der Waals surface area contributed by atoms with Crippen LogP contribution in [0.1, 0.15) is 5.56 Å². The molecule has 1 aliphatic rings. The third-order valence-electron chi connectivity index (χ3n) is 4.80. The lowest BCUT2D eigenvalue weighted by atomic mass is 10.1. The molecule has 0 amide bonds. The van der Waals surface area contributed by atoms with Gasteiger partial charge in [0.2, 0.25) is 5.28 Å². The van der Waals surface area contributed by atoms with Crippen molar-refractivity contribution in [1.82, 2.24) is 29.5 Å². The second kappa shape index (κ2) is 7.22. The number of fused-ring (bicyclic) bond motifs is 1. The maximum Gasteiger partial charge on any atom is 0.432 e. The second-order valence-corrected chi connectivity index (χ2v) is 7.03. The molecule has 1 aliphatic heterocycles. The monoisotopic (exact) mass is 386 g/mol. The minimum absolute atomic E-state index is 0.0559. The van der Waals surface area contributed by atoms with E-state index >= 15 is 0 Å². The van der Waals surface area contributed by atoms with E-state index < -0.39 is 6.09 Å². The Kier molecular flexibility index (Phi) is 4.77. The summed E-state index contributed by atoms with van der Waals surface area (Å²) < 4.78 is 0.874. The fraction of sp³-hybridized carbons (Fsp3) is 0.333. The number of rotatable bonds is 3. The van der Waals surface area contributed by atoms with Crippen LogP contribution in [-0.4, -0.2) is 74.0 Å². The van der Waals surface area contributed by atoms with E-state index in [1.165, 1.54) is 11.8 Å². The first-order valence-corrected chi connectivity index (χ1v) is 9.04. The van der Waals surface area contributed by atoms with Gasteiger partial charge in [-0.3, -0.25) is 4.90 Å². The van der Waals surface area contributed by atoms with E-state index in [9.17, 15) is 9.90 Å². The lowest BCUT2D eigenvalue weighted by molar-refractivity contribution is 0.148. The lowest BCUT2D eigenvalue weighted by Crippen LogP contribution is -2.43. The predicted molar refractivity (Wildman–Crippen MR) is 102 cm³/mol. The zero-order chi connectivity index (χ0) is 19.0. The summed E-state index contributed by atoms with van der Waals surface area (Å²) in [7, 11) is 2.14. The zero-order valence-corrected chi connectivity index (χ0v) is 15.6. The van der Waals surface area contributed by atoms with Gasteiger partial charge in [0.05, 0.1) is 6.20 Å². The van der Waals surface area contributed by atoms with E-state index in [0.29, 0.717) is 16.7 Å². The molecule has 4 rings (SSSR count). The summed E-state index contributed by atoms with van der Waals surface area (Å²) in [5, 5.41) is 13.6. The van der Waals surface area contributed by atoms with Crippen LogP contribution in [0.5, 0.6) is 0 Å². The zero-order valence-electron chi connectivity index (χ0n) is 14.8. The standard InChI is InChI=1S/C18H19ClN6O2/c1-23-6-8-24(9-7-23)11-12-2-4-13(5-3-12)15-16-14(10-20-17(19)21-16)25(22-15)18(26)27/h2-5,10H,6-9,11H2,1H3,(H,26,27). The van der Waals surface area contributed by atoms with Crippen LogP contribution in [0.25, 0.3) is 22.3 Å². The summed E-state index contributed by atoms with van der Waals surface area (Å²) >= 11 is 5.90. The maximum atomic E-state index is 11.4. The van der Waals surface area contributed by atoms with Gasteiger partial charge in [-0.15, -0.1) is 0 Å². The van der Waals surface area contributed by atoms with Gasteiger partial charge < -0.3 is 10.0 Å². The molecule has 9 heteroatoms. The Morgan fingerprint density at radius 2 is 1.89 bits per heavy atom. The Morgan fingerprint density at radius 3 is 2.56 bits per heavy atom. The van der Waals surface area contributed by atoms with Gasteiger partial charge in [-0.2, -0.15) is 9.78 Å². The molecule has 1 fully saturated rings. The number of nitrogens with zero attached hydrogens (tertiary/aromatic N) is 6. The molecular weight excluding hydrogens is 368 g/mol. The quantitative estimate of drug-likeness (QED) is 0.691. The topological polar surface area (TPSA) is 87.4 Å². The first kappa shape index (κ1) is 17.8. The van der Waals surface area contributed by atoms with Gasteiger partial charge in [-0.05, 0) is 24.2 Å². The number of piperazine rings is 1. The molecule has 0 aliphatic carbocycles. The summed E-state index contributed by atoms with van der Waals surface area (Å²) in [6, 6.07) is 7.97. The molecule has 0 spiro atoms. The Bertz CT molecular complexity index is 979. The van der Waals surface area contributed by atoms with Crippen LogP contribution < -0.4 is 0 Å². The molecule has 8 nitrogen and oxygen atoms in total.